The molecular weight excluding hydrogens is 210 g/mol. The van der Waals surface area contributed by atoms with Gasteiger partial charge in [-0.05, 0) is 43.0 Å². The zero-order chi connectivity index (χ0) is 12.4. The van der Waals surface area contributed by atoms with Gasteiger partial charge in [0.15, 0.2) is 0 Å². The molecule has 0 aliphatic carbocycles. The highest BCUT2D eigenvalue weighted by atomic mass is 15.3. The first kappa shape index (κ1) is 11.9. The molecule has 0 aliphatic heterocycles. The molecular formula is C14H19N3. The average molecular weight is 229 g/mol. The highest BCUT2D eigenvalue weighted by Gasteiger charge is 2.10. The molecule has 0 spiro atoms. The highest BCUT2D eigenvalue weighted by Crippen LogP contribution is 2.17. The Balaban J connectivity index is 2.16. The van der Waals surface area contributed by atoms with Gasteiger partial charge in [0.2, 0.25) is 0 Å². The summed E-state index contributed by atoms with van der Waals surface area (Å²) in [4.78, 5) is 0. The van der Waals surface area contributed by atoms with Gasteiger partial charge in [-0.2, -0.15) is 5.10 Å². The Morgan fingerprint density at radius 2 is 2.00 bits per heavy atom. The molecule has 0 bridgehead atoms. The zero-order valence-electron chi connectivity index (χ0n) is 10.6. The Bertz CT molecular complexity index is 514. The van der Waals surface area contributed by atoms with Crippen LogP contribution >= 0.6 is 0 Å². The van der Waals surface area contributed by atoms with Gasteiger partial charge in [-0.25, -0.2) is 0 Å². The van der Waals surface area contributed by atoms with E-state index in [1.54, 1.807) is 6.20 Å². The standard InChI is InChI=1S/C14H19N3/c1-10-4-5-12(8-11(10)2)9-13(15)14-6-7-16-17(14)3/h4-8,13H,9,15H2,1-3H3. The Morgan fingerprint density at radius 3 is 2.59 bits per heavy atom. The summed E-state index contributed by atoms with van der Waals surface area (Å²) in [7, 11) is 1.93. The fraction of sp³-hybridized carbons (Fsp3) is 0.357. The first-order valence-corrected chi connectivity index (χ1v) is 5.87. The smallest absolute Gasteiger partial charge is 0.0551 e. The molecule has 0 saturated carbocycles. The predicted molar refractivity (Wildman–Crippen MR) is 69.8 cm³/mol. The second-order valence-corrected chi connectivity index (χ2v) is 4.61. The average Bonchev–Trinajstić information content (AvgIpc) is 2.70. The third-order valence-corrected chi connectivity index (χ3v) is 3.27. The van der Waals surface area contributed by atoms with Crippen molar-refractivity contribution in [2.24, 2.45) is 12.8 Å². The minimum atomic E-state index is 0.00426. The summed E-state index contributed by atoms with van der Waals surface area (Å²) < 4.78 is 1.84. The predicted octanol–water partition coefficient (Wildman–Crippen LogP) is 2.28. The van der Waals surface area contributed by atoms with Crippen LogP contribution in [0.4, 0.5) is 0 Å². The minimum Gasteiger partial charge on any atom is -0.322 e. The van der Waals surface area contributed by atoms with Crippen molar-refractivity contribution in [1.82, 2.24) is 9.78 Å². The SMILES string of the molecule is Cc1ccc(CC(N)c2ccnn2C)cc1C. The topological polar surface area (TPSA) is 43.8 Å². The van der Waals surface area contributed by atoms with Crippen LogP contribution < -0.4 is 5.73 Å². The lowest BCUT2D eigenvalue weighted by Gasteiger charge is -2.13. The monoisotopic (exact) mass is 229 g/mol. The lowest BCUT2D eigenvalue weighted by Crippen LogP contribution is -2.17. The molecule has 1 atom stereocenters. The van der Waals surface area contributed by atoms with Crippen LogP contribution in [0, 0.1) is 13.8 Å². The number of nitrogens with two attached hydrogens (primary N) is 1. The van der Waals surface area contributed by atoms with E-state index >= 15 is 0 Å². The van der Waals surface area contributed by atoms with E-state index in [-0.39, 0.29) is 6.04 Å². The van der Waals surface area contributed by atoms with Crippen LogP contribution in [-0.4, -0.2) is 9.78 Å². The fourth-order valence-corrected chi connectivity index (χ4v) is 2.04. The first-order chi connectivity index (χ1) is 8.08. The van der Waals surface area contributed by atoms with Crippen LogP contribution in [0.3, 0.4) is 0 Å². The molecule has 0 saturated heterocycles. The Kier molecular flexibility index (Phi) is 3.29. The molecule has 0 radical (unpaired) electrons. The Labute approximate surface area is 102 Å². The largest absolute Gasteiger partial charge is 0.322 e. The van der Waals surface area contributed by atoms with Crippen molar-refractivity contribution < 1.29 is 0 Å². The molecule has 3 nitrogen and oxygen atoms in total. The van der Waals surface area contributed by atoms with Crippen LogP contribution in [0.5, 0.6) is 0 Å². The molecule has 3 heteroatoms. The van der Waals surface area contributed by atoms with E-state index < -0.39 is 0 Å². The maximum Gasteiger partial charge on any atom is 0.0551 e. The number of nitrogens with zero attached hydrogens (tertiary/aromatic N) is 2. The van der Waals surface area contributed by atoms with Gasteiger partial charge in [0.25, 0.3) is 0 Å². The van der Waals surface area contributed by atoms with Crippen molar-refractivity contribution in [2.45, 2.75) is 26.3 Å². The van der Waals surface area contributed by atoms with Crippen molar-refractivity contribution in [1.29, 1.82) is 0 Å². The summed E-state index contributed by atoms with van der Waals surface area (Å²) in [5.74, 6) is 0. The van der Waals surface area contributed by atoms with Gasteiger partial charge in [-0.15, -0.1) is 0 Å². The number of hydrogen-bond donors (Lipinski definition) is 1. The van der Waals surface area contributed by atoms with Crippen LogP contribution in [0.25, 0.3) is 0 Å². The summed E-state index contributed by atoms with van der Waals surface area (Å²) in [6.07, 6.45) is 2.64. The second-order valence-electron chi connectivity index (χ2n) is 4.61. The number of hydrogen-bond acceptors (Lipinski definition) is 2. The van der Waals surface area contributed by atoms with E-state index in [9.17, 15) is 0 Å². The van der Waals surface area contributed by atoms with Gasteiger partial charge >= 0.3 is 0 Å². The van der Waals surface area contributed by atoms with Gasteiger partial charge in [0.1, 0.15) is 0 Å². The fourth-order valence-electron chi connectivity index (χ4n) is 2.04. The summed E-state index contributed by atoms with van der Waals surface area (Å²) in [5.41, 5.74) is 11.2. The molecule has 90 valence electrons. The summed E-state index contributed by atoms with van der Waals surface area (Å²) >= 11 is 0. The van der Waals surface area contributed by atoms with Crippen molar-refractivity contribution >= 4 is 0 Å². The summed E-state index contributed by atoms with van der Waals surface area (Å²) in [6.45, 7) is 4.26. The number of aryl methyl sites for hydroxylation is 3. The number of benzene rings is 1. The molecule has 1 aromatic carbocycles. The molecule has 1 heterocycles. The van der Waals surface area contributed by atoms with E-state index in [4.69, 9.17) is 5.73 Å². The van der Waals surface area contributed by atoms with Crippen LogP contribution in [0.15, 0.2) is 30.5 Å². The van der Waals surface area contributed by atoms with Crippen LogP contribution in [-0.2, 0) is 13.5 Å². The summed E-state index contributed by atoms with van der Waals surface area (Å²) in [6, 6.07) is 8.50. The van der Waals surface area contributed by atoms with Gasteiger partial charge < -0.3 is 5.73 Å². The molecule has 1 unspecified atom stereocenters. The zero-order valence-corrected chi connectivity index (χ0v) is 10.6. The maximum absolute atomic E-state index is 6.20. The number of aromatic nitrogens is 2. The van der Waals surface area contributed by atoms with E-state index in [1.165, 1.54) is 16.7 Å². The highest BCUT2D eigenvalue weighted by molar-refractivity contribution is 5.30. The Morgan fingerprint density at radius 1 is 1.24 bits per heavy atom. The van der Waals surface area contributed by atoms with E-state index in [2.05, 4.69) is 37.1 Å². The molecule has 0 aliphatic rings. The molecule has 0 amide bonds. The van der Waals surface area contributed by atoms with E-state index in [0.29, 0.717) is 0 Å². The molecule has 17 heavy (non-hydrogen) atoms. The molecule has 0 fully saturated rings. The van der Waals surface area contributed by atoms with Crippen LogP contribution in [0.1, 0.15) is 28.4 Å². The Hall–Kier alpha value is -1.61. The minimum absolute atomic E-state index is 0.00426. The van der Waals surface area contributed by atoms with Crippen LogP contribution in [0.2, 0.25) is 0 Å². The lowest BCUT2D eigenvalue weighted by atomic mass is 10.00. The van der Waals surface area contributed by atoms with E-state index in [0.717, 1.165) is 12.1 Å². The van der Waals surface area contributed by atoms with Gasteiger partial charge in [-0.3, -0.25) is 4.68 Å². The molecule has 2 N–H and O–H groups in total. The van der Waals surface area contributed by atoms with Crippen molar-refractivity contribution in [2.75, 3.05) is 0 Å². The number of rotatable bonds is 3. The lowest BCUT2D eigenvalue weighted by molar-refractivity contribution is 0.617. The van der Waals surface area contributed by atoms with Gasteiger partial charge in [0, 0.05) is 13.2 Å². The third kappa shape index (κ3) is 2.56. The molecule has 1 aromatic heterocycles. The third-order valence-electron chi connectivity index (χ3n) is 3.27. The van der Waals surface area contributed by atoms with E-state index in [1.807, 2.05) is 17.8 Å². The maximum atomic E-state index is 6.20. The second kappa shape index (κ2) is 4.72. The van der Waals surface area contributed by atoms with Crippen molar-refractivity contribution in [3.8, 4) is 0 Å². The summed E-state index contributed by atoms with van der Waals surface area (Å²) in [5, 5.41) is 4.15. The van der Waals surface area contributed by atoms with Gasteiger partial charge in [0.05, 0.1) is 11.7 Å². The van der Waals surface area contributed by atoms with Crippen molar-refractivity contribution in [3.05, 3.63) is 52.8 Å². The molecule has 2 aromatic rings. The van der Waals surface area contributed by atoms with Gasteiger partial charge in [-0.1, -0.05) is 18.2 Å². The quantitative estimate of drug-likeness (QED) is 0.877. The van der Waals surface area contributed by atoms with Crippen molar-refractivity contribution in [3.63, 3.8) is 0 Å². The first-order valence-electron chi connectivity index (χ1n) is 5.87. The molecule has 2 rings (SSSR count). The normalized spacial score (nSPS) is 12.7.